The van der Waals surface area contributed by atoms with Gasteiger partial charge in [-0.1, -0.05) is 12.1 Å². The zero-order valence-corrected chi connectivity index (χ0v) is 19.6. The number of nitrogens with zero attached hydrogens (tertiary/aromatic N) is 4. The molecule has 1 N–H and O–H groups in total. The number of carbonyl (C=O) groups is 2. The average molecular weight is 546 g/mol. The number of hydrogen-bond donors (Lipinski definition) is 1. The first-order chi connectivity index (χ1) is 15.6. The van der Waals surface area contributed by atoms with E-state index in [1.807, 2.05) is 10.7 Å². The number of fused-ring (bicyclic) bond motifs is 2. The molecule has 32 heavy (non-hydrogen) atoms. The molecule has 1 unspecified atom stereocenters. The van der Waals surface area contributed by atoms with Gasteiger partial charge >= 0.3 is 0 Å². The van der Waals surface area contributed by atoms with Crippen molar-refractivity contribution >= 4 is 45.3 Å². The maximum absolute atomic E-state index is 12.6. The first kappa shape index (κ1) is 21.5. The Balaban J connectivity index is 1.35. The molecule has 5 rings (SSSR count). The van der Waals surface area contributed by atoms with E-state index in [2.05, 4.69) is 32.7 Å². The lowest BCUT2D eigenvalue weighted by Gasteiger charge is -2.23. The number of amides is 2. The van der Waals surface area contributed by atoms with E-state index in [1.165, 1.54) is 4.90 Å². The molecule has 8 nitrogen and oxygen atoms in total. The lowest BCUT2D eigenvalue weighted by atomic mass is 10.0. The van der Waals surface area contributed by atoms with Gasteiger partial charge in [-0.25, -0.2) is 4.68 Å². The zero-order valence-electron chi connectivity index (χ0n) is 17.4. The summed E-state index contributed by atoms with van der Waals surface area (Å²) in [7, 11) is 0. The summed E-state index contributed by atoms with van der Waals surface area (Å²) in [5.41, 5.74) is 2.50. The van der Waals surface area contributed by atoms with Gasteiger partial charge in [0, 0.05) is 30.1 Å². The molecule has 2 amide bonds. The predicted octanol–water partition coefficient (Wildman–Crippen LogP) is 3.50. The molecule has 2 aliphatic heterocycles. The van der Waals surface area contributed by atoms with Gasteiger partial charge in [0.2, 0.25) is 0 Å². The number of carbonyl (C=O) groups excluding carboxylic acids is 2. The maximum atomic E-state index is 12.6. The third-order valence-electron chi connectivity index (χ3n) is 6.22. The fourth-order valence-electron chi connectivity index (χ4n) is 4.43. The monoisotopic (exact) mass is 546 g/mol. The molecule has 1 fully saturated rings. The molecule has 0 saturated carbocycles. The lowest BCUT2D eigenvalue weighted by Crippen LogP contribution is -2.32. The van der Waals surface area contributed by atoms with Gasteiger partial charge < -0.3 is 9.84 Å². The van der Waals surface area contributed by atoms with Crippen molar-refractivity contribution in [3.8, 4) is 0 Å². The van der Waals surface area contributed by atoms with Gasteiger partial charge in [0.25, 0.3) is 11.8 Å². The average Bonchev–Trinajstić information content (AvgIpc) is 3.29. The number of imide groups is 1. The molecule has 9 heteroatoms. The molecule has 1 aromatic carbocycles. The highest BCUT2D eigenvalue weighted by Gasteiger charge is 2.35. The number of hydrogen-bond acceptors (Lipinski definition) is 6. The van der Waals surface area contributed by atoms with E-state index < -0.39 is 0 Å². The Labute approximate surface area is 198 Å². The fourth-order valence-corrected chi connectivity index (χ4v) is 5.10. The van der Waals surface area contributed by atoms with Crippen molar-refractivity contribution in [2.24, 2.45) is 0 Å². The predicted molar refractivity (Wildman–Crippen MR) is 125 cm³/mol. The number of ether oxygens (including phenoxy) is 1. The van der Waals surface area contributed by atoms with Gasteiger partial charge in [0.1, 0.15) is 3.70 Å². The van der Waals surface area contributed by atoms with Crippen molar-refractivity contribution in [2.75, 3.05) is 19.8 Å². The highest BCUT2D eigenvalue weighted by molar-refractivity contribution is 14.1. The number of rotatable bonds is 6. The number of aliphatic hydroxyl groups excluding tert-OH is 1. The molecule has 0 radical (unpaired) electrons. The number of benzene rings is 1. The number of aromatic nitrogens is 3. The van der Waals surface area contributed by atoms with Gasteiger partial charge in [-0.15, -0.1) is 0 Å². The smallest absolute Gasteiger partial charge is 0.261 e. The minimum Gasteiger partial charge on any atom is -0.396 e. The highest BCUT2D eigenvalue weighted by atomic mass is 127. The Kier molecular flexibility index (Phi) is 5.95. The van der Waals surface area contributed by atoms with Crippen molar-refractivity contribution in [3.63, 3.8) is 0 Å². The molecule has 2 atom stereocenters. The van der Waals surface area contributed by atoms with Crippen LogP contribution in [0.15, 0.2) is 36.5 Å². The van der Waals surface area contributed by atoms with Crippen LogP contribution in [0.3, 0.4) is 0 Å². The number of halogens is 1. The second-order valence-corrected chi connectivity index (χ2v) is 9.18. The van der Waals surface area contributed by atoms with Crippen LogP contribution in [-0.4, -0.2) is 56.3 Å². The zero-order chi connectivity index (χ0) is 22.2. The minimum absolute atomic E-state index is 0.0788. The largest absolute Gasteiger partial charge is 0.396 e. The van der Waals surface area contributed by atoms with E-state index in [1.54, 1.807) is 30.5 Å². The SMILES string of the molecule is O=C1c2ccccc2C(=O)N1CC[C@@H](CO)c1cc2c(I)nn(C3CCCCO3)c2cn1. The Morgan fingerprint density at radius 1 is 1.19 bits per heavy atom. The summed E-state index contributed by atoms with van der Waals surface area (Å²) in [5.74, 6) is -0.864. The summed E-state index contributed by atoms with van der Waals surface area (Å²) in [6, 6.07) is 8.80. The maximum Gasteiger partial charge on any atom is 0.261 e. The number of aliphatic hydroxyl groups is 1. The molecule has 2 aliphatic rings. The molecular formula is C23H23IN4O4. The van der Waals surface area contributed by atoms with Crippen LogP contribution < -0.4 is 0 Å². The standard InChI is InChI=1S/C23H23IN4O4/c24-21-17-11-18(25-12-19(17)28(26-21)20-7-3-4-10-32-20)14(13-29)8-9-27-22(30)15-5-1-2-6-16(15)23(27)31/h1-2,5-6,11-12,14,20,29H,3-4,7-10,13H2/t14-,20?/m0/s1. The summed E-state index contributed by atoms with van der Waals surface area (Å²) in [6.45, 7) is 0.834. The van der Waals surface area contributed by atoms with Crippen LogP contribution in [0.2, 0.25) is 0 Å². The van der Waals surface area contributed by atoms with Crippen molar-refractivity contribution in [2.45, 2.75) is 37.8 Å². The van der Waals surface area contributed by atoms with Gasteiger partial charge in [-0.2, -0.15) is 5.10 Å². The second-order valence-electron chi connectivity index (χ2n) is 8.16. The Hall–Kier alpha value is -2.37. The molecule has 166 valence electrons. The summed E-state index contributed by atoms with van der Waals surface area (Å²) in [5, 5.41) is 15.7. The van der Waals surface area contributed by atoms with Crippen molar-refractivity contribution in [1.29, 1.82) is 0 Å². The Morgan fingerprint density at radius 3 is 2.59 bits per heavy atom. The van der Waals surface area contributed by atoms with Gasteiger partial charge in [-0.3, -0.25) is 19.5 Å². The molecule has 0 aliphatic carbocycles. The molecule has 1 saturated heterocycles. The summed E-state index contributed by atoms with van der Waals surface area (Å²) < 4.78 is 8.64. The quantitative estimate of drug-likeness (QED) is 0.376. The molecule has 0 bridgehead atoms. The Bertz CT molecular complexity index is 1150. The van der Waals surface area contributed by atoms with E-state index in [4.69, 9.17) is 4.74 Å². The first-order valence-corrected chi connectivity index (χ1v) is 11.9. The van der Waals surface area contributed by atoms with Crippen molar-refractivity contribution in [1.82, 2.24) is 19.7 Å². The van der Waals surface area contributed by atoms with Gasteiger partial charge in [0.05, 0.1) is 29.4 Å². The van der Waals surface area contributed by atoms with Crippen LogP contribution >= 0.6 is 22.6 Å². The van der Waals surface area contributed by atoms with E-state index in [0.717, 1.165) is 46.2 Å². The van der Waals surface area contributed by atoms with Crippen LogP contribution in [0, 0.1) is 3.70 Å². The third kappa shape index (κ3) is 3.71. The third-order valence-corrected chi connectivity index (χ3v) is 7.01. The molecule has 4 heterocycles. The normalized spacial score (nSPS) is 19.6. The van der Waals surface area contributed by atoms with Crippen molar-refractivity contribution in [3.05, 3.63) is 57.1 Å². The van der Waals surface area contributed by atoms with E-state index >= 15 is 0 Å². The van der Waals surface area contributed by atoms with E-state index in [9.17, 15) is 14.7 Å². The Morgan fingerprint density at radius 2 is 1.94 bits per heavy atom. The van der Waals surface area contributed by atoms with Gasteiger partial charge in [0.15, 0.2) is 6.23 Å². The molecule has 3 aromatic rings. The van der Waals surface area contributed by atoms with E-state index in [0.29, 0.717) is 17.5 Å². The van der Waals surface area contributed by atoms with Crippen LogP contribution in [0.25, 0.3) is 10.9 Å². The lowest BCUT2D eigenvalue weighted by molar-refractivity contribution is -0.0369. The summed E-state index contributed by atoms with van der Waals surface area (Å²) in [4.78, 5) is 31.1. The summed E-state index contributed by atoms with van der Waals surface area (Å²) >= 11 is 2.21. The fraction of sp³-hybridized carbons (Fsp3) is 0.391. The van der Waals surface area contributed by atoms with Gasteiger partial charge in [-0.05, 0) is 66.5 Å². The van der Waals surface area contributed by atoms with E-state index in [-0.39, 0.29) is 37.1 Å². The second kappa shape index (κ2) is 8.87. The first-order valence-electron chi connectivity index (χ1n) is 10.8. The number of pyridine rings is 1. The molecular weight excluding hydrogens is 523 g/mol. The summed E-state index contributed by atoms with van der Waals surface area (Å²) in [6.07, 6.45) is 5.23. The van der Waals surface area contributed by atoms with Crippen LogP contribution in [0.5, 0.6) is 0 Å². The topological polar surface area (TPSA) is 97.6 Å². The highest BCUT2D eigenvalue weighted by Crippen LogP contribution is 2.31. The van der Waals surface area contributed by atoms with Crippen molar-refractivity contribution < 1.29 is 19.4 Å². The van der Waals surface area contributed by atoms with Crippen LogP contribution in [0.1, 0.15) is 64.2 Å². The van der Waals surface area contributed by atoms with Crippen LogP contribution in [0.4, 0.5) is 0 Å². The minimum atomic E-state index is -0.297. The van der Waals surface area contributed by atoms with Crippen LogP contribution in [-0.2, 0) is 4.74 Å². The molecule has 0 spiro atoms. The molecule has 2 aromatic heterocycles.